The first-order chi connectivity index (χ1) is 6.46. The van der Waals surface area contributed by atoms with Crippen LogP contribution in [0.25, 0.3) is 0 Å². The van der Waals surface area contributed by atoms with Gasteiger partial charge in [0.25, 0.3) is 0 Å². The molecule has 1 atom stereocenters. The highest BCUT2D eigenvalue weighted by molar-refractivity contribution is 5.65. The Bertz CT molecular complexity index is 218. The summed E-state index contributed by atoms with van der Waals surface area (Å²) < 4.78 is 10.6. The van der Waals surface area contributed by atoms with E-state index in [0.29, 0.717) is 0 Å². The van der Waals surface area contributed by atoms with Crippen LogP contribution in [0.1, 0.15) is 13.8 Å². The Morgan fingerprint density at radius 1 is 1.64 bits per heavy atom. The molecule has 1 aliphatic heterocycles. The van der Waals surface area contributed by atoms with Crippen molar-refractivity contribution in [3.8, 4) is 0 Å². The normalized spacial score (nSPS) is 24.9. The Morgan fingerprint density at radius 3 is 2.64 bits per heavy atom. The number of hydrogen-bond acceptors (Lipinski definition) is 4. The van der Waals surface area contributed by atoms with Crippen molar-refractivity contribution in [3.63, 3.8) is 0 Å². The Morgan fingerprint density at radius 2 is 2.29 bits per heavy atom. The zero-order valence-electron chi connectivity index (χ0n) is 8.27. The molecular weight excluding hydrogens is 190 g/mol. The average Bonchev–Trinajstić information content (AvgIpc) is 2.41. The molecule has 0 spiro atoms. The molecule has 0 radical (unpaired) electrons. The number of ether oxygens (including phenoxy) is 2. The molecule has 0 saturated carbocycles. The summed E-state index contributed by atoms with van der Waals surface area (Å²) >= 11 is 0. The second kappa shape index (κ2) is 4.12. The van der Waals surface area contributed by atoms with Crippen LogP contribution in [-0.2, 0) is 9.47 Å². The topological polar surface area (TPSA) is 79.2 Å². The van der Waals surface area contributed by atoms with Gasteiger partial charge in [0.15, 0.2) is 12.0 Å². The summed E-state index contributed by atoms with van der Waals surface area (Å²) in [5, 5.41) is 17.5. The van der Waals surface area contributed by atoms with E-state index in [1.54, 1.807) is 13.8 Å². The predicted molar refractivity (Wildman–Crippen MR) is 46.7 cm³/mol. The van der Waals surface area contributed by atoms with Crippen LogP contribution in [-0.4, -0.2) is 53.0 Å². The predicted octanol–water partition coefficient (Wildman–Crippen LogP) is 0.0677. The third-order valence-corrected chi connectivity index (χ3v) is 1.93. The number of carboxylic acid groups (broad SMARTS) is 1. The Labute approximate surface area is 82.0 Å². The summed E-state index contributed by atoms with van der Waals surface area (Å²) in [5.41, 5.74) is 0. The molecule has 0 aromatic heterocycles. The van der Waals surface area contributed by atoms with E-state index in [1.165, 1.54) is 0 Å². The maximum absolute atomic E-state index is 10.8. The van der Waals surface area contributed by atoms with E-state index < -0.39 is 18.1 Å². The minimum atomic E-state index is -1.12. The zero-order valence-corrected chi connectivity index (χ0v) is 8.27. The molecule has 82 valence electrons. The minimum Gasteiger partial charge on any atom is -0.465 e. The molecule has 1 saturated heterocycles. The third-order valence-electron chi connectivity index (χ3n) is 1.93. The maximum Gasteiger partial charge on any atom is 0.409 e. The lowest BCUT2D eigenvalue weighted by molar-refractivity contribution is -0.156. The number of rotatable bonds is 3. The van der Waals surface area contributed by atoms with Crippen LogP contribution in [0.3, 0.4) is 0 Å². The molecular formula is C8H15NO5. The van der Waals surface area contributed by atoms with E-state index in [2.05, 4.69) is 0 Å². The van der Waals surface area contributed by atoms with Crippen LogP contribution in [0.15, 0.2) is 0 Å². The van der Waals surface area contributed by atoms with Crippen molar-refractivity contribution in [1.82, 2.24) is 4.90 Å². The van der Waals surface area contributed by atoms with Gasteiger partial charge in [-0.25, -0.2) is 4.79 Å². The first-order valence-electron chi connectivity index (χ1n) is 4.38. The molecule has 6 nitrogen and oxygen atoms in total. The van der Waals surface area contributed by atoms with Gasteiger partial charge < -0.3 is 19.7 Å². The van der Waals surface area contributed by atoms with Crippen LogP contribution in [0.5, 0.6) is 0 Å². The molecule has 0 unspecified atom stereocenters. The highest BCUT2D eigenvalue weighted by Crippen LogP contribution is 2.24. The lowest BCUT2D eigenvalue weighted by atomic mass is 10.4. The largest absolute Gasteiger partial charge is 0.465 e. The van der Waals surface area contributed by atoms with E-state index in [-0.39, 0.29) is 19.8 Å². The van der Waals surface area contributed by atoms with Crippen molar-refractivity contribution in [2.24, 2.45) is 0 Å². The standard InChI is InChI=1S/C8H15NO5/c1-8(2)13-5-6(14-8)9(3-4-10)7(11)12/h6,10H,3-5H2,1-2H3,(H,11,12)/t6-/m1/s1. The lowest BCUT2D eigenvalue weighted by Gasteiger charge is -2.25. The average molecular weight is 205 g/mol. The SMILES string of the molecule is CC1(C)OC[C@H](N(CCO)C(=O)O)O1. The second-order valence-corrected chi connectivity index (χ2v) is 3.48. The van der Waals surface area contributed by atoms with Crippen molar-refractivity contribution >= 4 is 6.09 Å². The molecule has 1 fully saturated rings. The fourth-order valence-electron chi connectivity index (χ4n) is 1.29. The summed E-state index contributed by atoms with van der Waals surface area (Å²) in [4.78, 5) is 11.8. The number of aliphatic hydroxyl groups is 1. The molecule has 0 aromatic rings. The van der Waals surface area contributed by atoms with E-state index >= 15 is 0 Å². The summed E-state index contributed by atoms with van der Waals surface area (Å²) in [5.74, 6) is -0.756. The quantitative estimate of drug-likeness (QED) is 0.681. The highest BCUT2D eigenvalue weighted by Gasteiger charge is 2.37. The van der Waals surface area contributed by atoms with E-state index in [9.17, 15) is 4.79 Å². The molecule has 1 amide bonds. The monoisotopic (exact) mass is 205 g/mol. The maximum atomic E-state index is 10.8. The first kappa shape index (κ1) is 11.2. The molecule has 0 aromatic carbocycles. The molecule has 6 heteroatoms. The summed E-state index contributed by atoms with van der Waals surface area (Å²) in [6, 6.07) is 0. The summed E-state index contributed by atoms with van der Waals surface area (Å²) in [7, 11) is 0. The number of amides is 1. The van der Waals surface area contributed by atoms with Crippen LogP contribution < -0.4 is 0 Å². The molecule has 14 heavy (non-hydrogen) atoms. The van der Waals surface area contributed by atoms with E-state index in [4.69, 9.17) is 19.7 Å². The Kier molecular flexibility index (Phi) is 3.30. The third kappa shape index (κ3) is 2.57. The number of carbonyl (C=O) groups is 1. The van der Waals surface area contributed by atoms with E-state index in [1.807, 2.05) is 0 Å². The summed E-state index contributed by atoms with van der Waals surface area (Å²) in [6.07, 6.45) is -1.75. The second-order valence-electron chi connectivity index (χ2n) is 3.48. The molecule has 1 aliphatic rings. The number of hydrogen-bond donors (Lipinski definition) is 2. The Balaban J connectivity index is 2.58. The van der Waals surface area contributed by atoms with Gasteiger partial charge in [0, 0.05) is 6.54 Å². The Hall–Kier alpha value is -0.850. The van der Waals surface area contributed by atoms with Gasteiger partial charge >= 0.3 is 6.09 Å². The van der Waals surface area contributed by atoms with Crippen molar-refractivity contribution in [3.05, 3.63) is 0 Å². The van der Waals surface area contributed by atoms with Crippen LogP contribution in [0.4, 0.5) is 4.79 Å². The number of nitrogens with zero attached hydrogens (tertiary/aromatic N) is 1. The fraction of sp³-hybridized carbons (Fsp3) is 0.875. The van der Waals surface area contributed by atoms with Gasteiger partial charge in [-0.2, -0.15) is 0 Å². The van der Waals surface area contributed by atoms with Crippen LogP contribution in [0.2, 0.25) is 0 Å². The molecule has 0 bridgehead atoms. The van der Waals surface area contributed by atoms with Crippen molar-refractivity contribution in [2.45, 2.75) is 25.9 Å². The van der Waals surface area contributed by atoms with Crippen molar-refractivity contribution in [1.29, 1.82) is 0 Å². The molecule has 1 rings (SSSR count). The van der Waals surface area contributed by atoms with Gasteiger partial charge in [0.05, 0.1) is 13.2 Å². The fourth-order valence-corrected chi connectivity index (χ4v) is 1.29. The van der Waals surface area contributed by atoms with Crippen LogP contribution >= 0.6 is 0 Å². The highest BCUT2D eigenvalue weighted by atomic mass is 16.8. The smallest absolute Gasteiger partial charge is 0.409 e. The molecule has 0 aliphatic carbocycles. The molecule has 1 heterocycles. The first-order valence-corrected chi connectivity index (χ1v) is 4.38. The molecule has 2 N–H and O–H groups in total. The van der Waals surface area contributed by atoms with Gasteiger partial charge in [-0.05, 0) is 13.8 Å². The van der Waals surface area contributed by atoms with Gasteiger partial charge in [0.2, 0.25) is 0 Å². The zero-order chi connectivity index (χ0) is 10.8. The van der Waals surface area contributed by atoms with Gasteiger partial charge in [0.1, 0.15) is 0 Å². The van der Waals surface area contributed by atoms with Crippen molar-refractivity contribution < 1.29 is 24.5 Å². The van der Waals surface area contributed by atoms with Crippen LogP contribution in [0, 0.1) is 0 Å². The lowest BCUT2D eigenvalue weighted by Crippen LogP contribution is -2.43. The van der Waals surface area contributed by atoms with Gasteiger partial charge in [-0.3, -0.25) is 4.90 Å². The summed E-state index contributed by atoms with van der Waals surface area (Å²) in [6.45, 7) is 3.42. The van der Waals surface area contributed by atoms with Crippen molar-refractivity contribution in [2.75, 3.05) is 19.8 Å². The van der Waals surface area contributed by atoms with Gasteiger partial charge in [-0.15, -0.1) is 0 Å². The van der Waals surface area contributed by atoms with Gasteiger partial charge in [-0.1, -0.05) is 0 Å². The minimum absolute atomic E-state index is 0.0272. The number of aliphatic hydroxyl groups excluding tert-OH is 1. The van der Waals surface area contributed by atoms with E-state index in [0.717, 1.165) is 4.90 Å².